The Morgan fingerprint density at radius 1 is 0.250 bits per heavy atom. The number of hydrogen-bond donors (Lipinski definition) is 0. The van der Waals surface area contributed by atoms with Crippen molar-refractivity contribution < 1.29 is 0 Å². The van der Waals surface area contributed by atoms with Crippen molar-refractivity contribution in [2.45, 2.75) is 19.3 Å². The van der Waals surface area contributed by atoms with E-state index >= 15 is 0 Å². The Morgan fingerprint density at radius 3 is 0.646 bits per heavy atom. The highest BCUT2D eigenvalue weighted by Gasteiger charge is 2.30. The van der Waals surface area contributed by atoms with Crippen LogP contribution in [0.4, 0.5) is 51.2 Å². The molecule has 228 valence electrons. The van der Waals surface area contributed by atoms with Gasteiger partial charge in [-0.2, -0.15) is 0 Å². The zero-order valence-electron chi connectivity index (χ0n) is 26.6. The highest BCUT2D eigenvalue weighted by molar-refractivity contribution is 5.93. The van der Waals surface area contributed by atoms with E-state index in [2.05, 4.69) is 178 Å². The summed E-state index contributed by atoms with van der Waals surface area (Å²) in [5.41, 5.74) is 18.9. The highest BCUT2D eigenvalue weighted by Crippen LogP contribution is 2.52. The Morgan fingerprint density at radius 2 is 0.438 bits per heavy atom. The van der Waals surface area contributed by atoms with Crippen molar-refractivity contribution in [3.63, 3.8) is 0 Å². The summed E-state index contributed by atoms with van der Waals surface area (Å²) < 4.78 is 0. The van der Waals surface area contributed by atoms with Gasteiger partial charge in [0.2, 0.25) is 0 Å². The Bertz CT molecular complexity index is 1960. The summed E-state index contributed by atoms with van der Waals surface area (Å²) in [6, 6.07) is 60.4. The van der Waals surface area contributed by atoms with Crippen LogP contribution in [-0.2, 0) is 19.3 Å². The minimum absolute atomic E-state index is 0.926. The molecule has 0 bridgehead atoms. The Balaban J connectivity index is 1.27. The quantitative estimate of drug-likeness (QED) is 0.196. The molecule has 3 aliphatic heterocycles. The Kier molecular flexibility index (Phi) is 6.07. The lowest BCUT2D eigenvalue weighted by atomic mass is 9.93. The van der Waals surface area contributed by atoms with Crippen LogP contribution in [0, 0.1) is 0 Å². The predicted octanol–water partition coefficient (Wildman–Crippen LogP) is 11.8. The molecule has 3 heteroatoms. The van der Waals surface area contributed by atoms with Crippen molar-refractivity contribution >= 4 is 51.2 Å². The maximum atomic E-state index is 2.48. The fourth-order valence-electron chi connectivity index (χ4n) is 8.08. The van der Waals surface area contributed by atoms with E-state index in [1.807, 2.05) is 0 Å². The molecule has 0 N–H and O–H groups in total. The number of fused-ring (bicyclic) bond motifs is 6. The smallest absolute Gasteiger partial charge is 0.0503 e. The van der Waals surface area contributed by atoms with E-state index in [1.54, 1.807) is 0 Å². The van der Waals surface area contributed by atoms with Gasteiger partial charge in [-0.1, -0.05) is 109 Å². The molecule has 0 aliphatic carbocycles. The molecule has 0 fully saturated rings. The van der Waals surface area contributed by atoms with Gasteiger partial charge < -0.3 is 14.7 Å². The van der Waals surface area contributed by atoms with E-state index < -0.39 is 0 Å². The lowest BCUT2D eigenvalue weighted by Crippen LogP contribution is -2.23. The molecule has 10 rings (SSSR count). The molecule has 0 atom stereocenters. The van der Waals surface area contributed by atoms with Gasteiger partial charge in [-0.25, -0.2) is 0 Å². The average molecular weight is 616 g/mol. The average Bonchev–Trinajstić information content (AvgIpc) is 3.14. The van der Waals surface area contributed by atoms with E-state index in [9.17, 15) is 0 Å². The van der Waals surface area contributed by atoms with E-state index in [0.717, 1.165) is 36.3 Å². The summed E-state index contributed by atoms with van der Waals surface area (Å²) in [4.78, 5) is 7.43. The lowest BCUT2D eigenvalue weighted by molar-refractivity contribution is 1.07. The van der Waals surface area contributed by atoms with Crippen LogP contribution < -0.4 is 14.7 Å². The fourth-order valence-corrected chi connectivity index (χ4v) is 8.08. The molecule has 7 aromatic carbocycles. The molecule has 0 spiro atoms. The van der Waals surface area contributed by atoms with Gasteiger partial charge in [0.15, 0.2) is 0 Å². The first-order valence-corrected chi connectivity index (χ1v) is 16.8. The van der Waals surface area contributed by atoms with Gasteiger partial charge in [0.05, 0.1) is 17.1 Å². The first kappa shape index (κ1) is 27.1. The maximum absolute atomic E-state index is 2.48. The van der Waals surface area contributed by atoms with E-state index in [4.69, 9.17) is 0 Å². The number of nitrogens with zero attached hydrogens (tertiary/aromatic N) is 3. The largest absolute Gasteiger partial charge is 0.310 e. The van der Waals surface area contributed by atoms with Crippen LogP contribution in [0.5, 0.6) is 0 Å². The number of rotatable bonds is 3. The van der Waals surface area contributed by atoms with Gasteiger partial charge in [-0.05, 0) is 88.0 Å². The Labute approximate surface area is 281 Å². The second-order valence-corrected chi connectivity index (χ2v) is 13.0. The number of para-hydroxylation sites is 6. The lowest BCUT2D eigenvalue weighted by Gasteiger charge is -2.38. The molecule has 7 aromatic rings. The second kappa shape index (κ2) is 10.8. The van der Waals surface area contributed by atoms with Gasteiger partial charge in [0.25, 0.3) is 0 Å². The molecule has 0 aromatic heterocycles. The van der Waals surface area contributed by atoms with Crippen molar-refractivity contribution in [1.29, 1.82) is 0 Å². The Hall–Kier alpha value is -6.06. The molecule has 0 unspecified atom stereocenters. The normalized spacial score (nSPS) is 13.9. The van der Waals surface area contributed by atoms with Crippen molar-refractivity contribution in [3.05, 3.63) is 197 Å². The summed E-state index contributed by atoms with van der Waals surface area (Å²) in [6.07, 6.45) is 2.78. The minimum atomic E-state index is 0.926. The first-order chi connectivity index (χ1) is 23.8. The number of anilines is 9. The summed E-state index contributed by atoms with van der Waals surface area (Å²) in [6.45, 7) is 0. The topological polar surface area (TPSA) is 9.72 Å². The minimum Gasteiger partial charge on any atom is -0.310 e. The molecule has 0 radical (unpaired) electrons. The predicted molar refractivity (Wildman–Crippen MR) is 199 cm³/mol. The standard InChI is InChI=1S/C45H33N3/c1-7-19-40-31(13-1)25-32-14-2-8-20-41(32)46(40)37-28-38(47-42-21-9-3-15-33(42)26-34-16-4-10-22-43(34)47)30-39(29-37)48-44-23-11-5-17-35(44)27-36-18-6-12-24-45(36)48/h1-24,28-30H,25-27H2. The van der Waals surface area contributed by atoms with Crippen molar-refractivity contribution in [1.82, 2.24) is 0 Å². The van der Waals surface area contributed by atoms with Gasteiger partial charge in [0, 0.05) is 53.4 Å². The van der Waals surface area contributed by atoms with E-state index in [0.29, 0.717) is 0 Å². The van der Waals surface area contributed by atoms with Crippen molar-refractivity contribution in [2.24, 2.45) is 0 Å². The maximum Gasteiger partial charge on any atom is 0.0503 e. The SMILES string of the molecule is c1ccc2c(c1)Cc1ccccc1N2c1cc(N2c3ccccc3Cc3ccccc32)cc(N2c3ccccc3Cc3ccccc32)c1. The molecule has 0 amide bonds. The molecular formula is C45H33N3. The van der Waals surface area contributed by atoms with E-state index in [-0.39, 0.29) is 0 Å². The summed E-state index contributed by atoms with van der Waals surface area (Å²) >= 11 is 0. The van der Waals surface area contributed by atoms with Gasteiger partial charge in [-0.15, -0.1) is 0 Å². The van der Waals surface area contributed by atoms with Gasteiger partial charge in [0.1, 0.15) is 0 Å². The van der Waals surface area contributed by atoms with Crippen molar-refractivity contribution in [3.8, 4) is 0 Å². The summed E-state index contributed by atoms with van der Waals surface area (Å²) in [5.74, 6) is 0. The van der Waals surface area contributed by atoms with Crippen LogP contribution in [0.2, 0.25) is 0 Å². The third-order valence-electron chi connectivity index (χ3n) is 10.2. The summed E-state index contributed by atoms with van der Waals surface area (Å²) in [7, 11) is 0. The zero-order chi connectivity index (χ0) is 31.6. The van der Waals surface area contributed by atoms with Crippen LogP contribution in [-0.4, -0.2) is 0 Å². The van der Waals surface area contributed by atoms with Crippen LogP contribution in [0.15, 0.2) is 164 Å². The zero-order valence-corrected chi connectivity index (χ0v) is 26.6. The molecule has 3 heterocycles. The third-order valence-corrected chi connectivity index (χ3v) is 10.2. The molecule has 48 heavy (non-hydrogen) atoms. The number of hydrogen-bond acceptors (Lipinski definition) is 3. The highest BCUT2D eigenvalue weighted by atomic mass is 15.2. The monoisotopic (exact) mass is 615 g/mol. The molecule has 3 nitrogen and oxygen atoms in total. The molecular weight excluding hydrogens is 583 g/mol. The number of benzene rings is 7. The fraction of sp³-hybridized carbons (Fsp3) is 0.0667. The van der Waals surface area contributed by atoms with Crippen LogP contribution in [0.25, 0.3) is 0 Å². The van der Waals surface area contributed by atoms with Gasteiger partial charge in [-0.3, -0.25) is 0 Å². The first-order valence-electron chi connectivity index (χ1n) is 16.8. The van der Waals surface area contributed by atoms with Crippen LogP contribution >= 0.6 is 0 Å². The molecule has 3 aliphatic rings. The van der Waals surface area contributed by atoms with Crippen molar-refractivity contribution in [2.75, 3.05) is 14.7 Å². The molecule has 0 saturated heterocycles. The summed E-state index contributed by atoms with van der Waals surface area (Å²) in [5, 5.41) is 0. The third kappa shape index (κ3) is 4.21. The van der Waals surface area contributed by atoms with Crippen LogP contribution in [0.1, 0.15) is 33.4 Å². The second-order valence-electron chi connectivity index (χ2n) is 13.0. The van der Waals surface area contributed by atoms with Crippen LogP contribution in [0.3, 0.4) is 0 Å². The molecule has 0 saturated carbocycles. The van der Waals surface area contributed by atoms with E-state index in [1.165, 1.54) is 67.5 Å². The van der Waals surface area contributed by atoms with Gasteiger partial charge >= 0.3 is 0 Å².